The number of hydrogen-bond acceptors (Lipinski definition) is 5. The fraction of sp³-hybridized carbons (Fsp3) is 0.440. The zero-order valence-electron chi connectivity index (χ0n) is 19.4. The Balaban J connectivity index is 1.35. The fourth-order valence-electron chi connectivity index (χ4n) is 4.56. The zero-order chi connectivity index (χ0) is 24.3. The lowest BCUT2D eigenvalue weighted by Gasteiger charge is -2.34. The number of anilines is 1. The molecule has 0 aliphatic carbocycles. The van der Waals surface area contributed by atoms with Gasteiger partial charge in [-0.1, -0.05) is 37.3 Å². The van der Waals surface area contributed by atoms with Crippen LogP contribution in [0.15, 0.2) is 51.8 Å². The molecule has 0 aromatic heterocycles. The van der Waals surface area contributed by atoms with Crippen LogP contribution < -0.4 is 4.90 Å². The first-order valence-electron chi connectivity index (χ1n) is 11.7. The van der Waals surface area contributed by atoms with Crippen molar-refractivity contribution in [2.75, 3.05) is 43.4 Å². The lowest BCUT2D eigenvalue weighted by atomic mass is 10.2. The zero-order valence-corrected chi connectivity index (χ0v) is 21.8. The van der Waals surface area contributed by atoms with Crippen molar-refractivity contribution in [3.05, 3.63) is 58.1 Å². The first-order valence-corrected chi connectivity index (χ1v) is 14.1. The Morgan fingerprint density at radius 3 is 2.35 bits per heavy atom. The standard InChI is InChI=1S/C25H30BrN3O4S/c1-2-24(30)29-10-8-20-16-21(26)23(17-22(20)29)34(32,33)15-9-25(31)28-13-11-27(12-14-28)18-19-6-4-3-5-7-19/h3-7,16-17H,2,8-15,18H2,1H3. The molecule has 2 heterocycles. The van der Waals surface area contributed by atoms with Crippen molar-refractivity contribution in [1.82, 2.24) is 9.80 Å². The highest BCUT2D eigenvalue weighted by atomic mass is 79.9. The number of rotatable bonds is 7. The van der Waals surface area contributed by atoms with Gasteiger partial charge in [0.2, 0.25) is 11.8 Å². The van der Waals surface area contributed by atoms with E-state index >= 15 is 0 Å². The Morgan fingerprint density at radius 1 is 0.971 bits per heavy atom. The summed E-state index contributed by atoms with van der Waals surface area (Å²) in [6.45, 7) is 5.94. The maximum absolute atomic E-state index is 13.1. The molecule has 0 saturated carbocycles. The van der Waals surface area contributed by atoms with Crippen LogP contribution in [-0.4, -0.2) is 68.5 Å². The number of hydrogen-bond donors (Lipinski definition) is 0. The van der Waals surface area contributed by atoms with E-state index in [2.05, 4.69) is 33.0 Å². The molecule has 0 unspecified atom stereocenters. The normalized spacial score (nSPS) is 16.5. The molecule has 182 valence electrons. The molecule has 2 aliphatic rings. The topological polar surface area (TPSA) is 78.0 Å². The van der Waals surface area contributed by atoms with Crippen LogP contribution in [0.25, 0.3) is 0 Å². The minimum Gasteiger partial charge on any atom is -0.340 e. The van der Waals surface area contributed by atoms with Gasteiger partial charge in [-0.05, 0) is 45.6 Å². The van der Waals surface area contributed by atoms with Crippen LogP contribution in [0, 0.1) is 0 Å². The van der Waals surface area contributed by atoms with E-state index in [4.69, 9.17) is 0 Å². The summed E-state index contributed by atoms with van der Waals surface area (Å²) < 4.78 is 26.7. The molecule has 2 aromatic rings. The van der Waals surface area contributed by atoms with Gasteiger partial charge in [0.05, 0.1) is 10.6 Å². The number of sulfone groups is 1. The van der Waals surface area contributed by atoms with Gasteiger partial charge in [0.1, 0.15) is 0 Å². The van der Waals surface area contributed by atoms with Crippen molar-refractivity contribution in [1.29, 1.82) is 0 Å². The van der Waals surface area contributed by atoms with E-state index in [1.807, 2.05) is 18.2 Å². The summed E-state index contributed by atoms with van der Waals surface area (Å²) in [5.74, 6) is -0.413. The molecule has 7 nitrogen and oxygen atoms in total. The average Bonchev–Trinajstić information content (AvgIpc) is 3.25. The third kappa shape index (κ3) is 5.53. The lowest BCUT2D eigenvalue weighted by Crippen LogP contribution is -2.48. The van der Waals surface area contributed by atoms with Crippen molar-refractivity contribution in [2.24, 2.45) is 0 Å². The molecule has 0 atom stereocenters. The number of benzene rings is 2. The van der Waals surface area contributed by atoms with Crippen LogP contribution in [0.3, 0.4) is 0 Å². The first kappa shape index (κ1) is 24.9. The highest BCUT2D eigenvalue weighted by Crippen LogP contribution is 2.36. The van der Waals surface area contributed by atoms with Crippen molar-refractivity contribution in [2.45, 2.75) is 37.6 Å². The van der Waals surface area contributed by atoms with Gasteiger partial charge < -0.3 is 9.80 Å². The van der Waals surface area contributed by atoms with Crippen molar-refractivity contribution >= 4 is 43.3 Å². The van der Waals surface area contributed by atoms with Crippen LogP contribution in [0.5, 0.6) is 0 Å². The van der Waals surface area contributed by atoms with E-state index in [1.165, 1.54) is 5.56 Å². The van der Waals surface area contributed by atoms with E-state index < -0.39 is 9.84 Å². The van der Waals surface area contributed by atoms with Crippen molar-refractivity contribution in [3.63, 3.8) is 0 Å². The Bertz CT molecular complexity index is 1160. The van der Waals surface area contributed by atoms with Gasteiger partial charge in [0.25, 0.3) is 0 Å². The predicted molar refractivity (Wildman–Crippen MR) is 135 cm³/mol. The van der Waals surface area contributed by atoms with Gasteiger partial charge in [-0.25, -0.2) is 8.42 Å². The highest BCUT2D eigenvalue weighted by molar-refractivity contribution is 9.10. The molecule has 34 heavy (non-hydrogen) atoms. The monoisotopic (exact) mass is 547 g/mol. The second-order valence-electron chi connectivity index (χ2n) is 8.77. The van der Waals surface area contributed by atoms with Gasteiger partial charge in [0, 0.05) is 62.3 Å². The number of piperazine rings is 1. The van der Waals surface area contributed by atoms with Crippen molar-refractivity contribution < 1.29 is 18.0 Å². The second-order valence-corrected chi connectivity index (χ2v) is 11.7. The van der Waals surface area contributed by atoms with E-state index in [0.29, 0.717) is 42.6 Å². The van der Waals surface area contributed by atoms with Crippen LogP contribution in [-0.2, 0) is 32.4 Å². The van der Waals surface area contributed by atoms with Crippen molar-refractivity contribution in [3.8, 4) is 0 Å². The molecule has 9 heteroatoms. The third-order valence-corrected chi connectivity index (χ3v) is 9.19. The predicted octanol–water partition coefficient (Wildman–Crippen LogP) is 3.26. The fourth-order valence-corrected chi connectivity index (χ4v) is 7.00. The summed E-state index contributed by atoms with van der Waals surface area (Å²) in [5.41, 5.74) is 2.86. The van der Waals surface area contributed by atoms with E-state index in [9.17, 15) is 18.0 Å². The number of carbonyl (C=O) groups is 2. The van der Waals surface area contributed by atoms with E-state index in [0.717, 1.165) is 25.2 Å². The quantitative estimate of drug-likeness (QED) is 0.531. The van der Waals surface area contributed by atoms with Crippen LogP contribution >= 0.6 is 15.9 Å². The number of halogens is 1. The Hall–Kier alpha value is -2.23. The summed E-state index contributed by atoms with van der Waals surface area (Å²) in [7, 11) is -3.70. The van der Waals surface area contributed by atoms with E-state index in [1.54, 1.807) is 28.9 Å². The molecular weight excluding hydrogens is 518 g/mol. The Kier molecular flexibility index (Phi) is 7.74. The minimum atomic E-state index is -3.70. The highest BCUT2D eigenvalue weighted by Gasteiger charge is 2.29. The van der Waals surface area contributed by atoms with Gasteiger partial charge in [-0.15, -0.1) is 0 Å². The smallest absolute Gasteiger partial charge is 0.226 e. The number of nitrogens with zero attached hydrogens (tertiary/aromatic N) is 3. The molecule has 2 amide bonds. The molecule has 4 rings (SSSR count). The third-order valence-electron chi connectivity index (χ3n) is 6.53. The number of fused-ring (bicyclic) bond motifs is 1. The minimum absolute atomic E-state index is 0.0222. The van der Waals surface area contributed by atoms with Crippen LogP contribution in [0.2, 0.25) is 0 Å². The van der Waals surface area contributed by atoms with E-state index in [-0.39, 0.29) is 28.9 Å². The molecule has 1 fully saturated rings. The molecule has 0 bridgehead atoms. The van der Waals surface area contributed by atoms with Crippen LogP contribution in [0.4, 0.5) is 5.69 Å². The first-order chi connectivity index (χ1) is 16.3. The SMILES string of the molecule is CCC(=O)N1CCc2cc(Br)c(S(=O)(=O)CCC(=O)N3CCN(Cc4ccccc4)CC3)cc21. The molecule has 0 radical (unpaired) electrons. The summed E-state index contributed by atoms with van der Waals surface area (Å²) in [5, 5.41) is 0. The molecule has 2 aliphatic heterocycles. The summed E-state index contributed by atoms with van der Waals surface area (Å²) >= 11 is 3.39. The van der Waals surface area contributed by atoms with Gasteiger partial charge >= 0.3 is 0 Å². The molecule has 0 N–H and O–H groups in total. The summed E-state index contributed by atoms with van der Waals surface area (Å²) in [4.78, 5) is 30.9. The number of amides is 2. The number of carbonyl (C=O) groups excluding carboxylic acids is 2. The van der Waals surface area contributed by atoms with Crippen LogP contribution in [0.1, 0.15) is 30.9 Å². The molecule has 2 aromatic carbocycles. The molecule has 0 spiro atoms. The summed E-state index contributed by atoms with van der Waals surface area (Å²) in [6.07, 6.45) is 1.02. The van der Waals surface area contributed by atoms with Gasteiger partial charge in [-0.2, -0.15) is 0 Å². The maximum Gasteiger partial charge on any atom is 0.226 e. The second kappa shape index (κ2) is 10.6. The molecular formula is C25H30BrN3O4S. The Morgan fingerprint density at radius 2 is 1.68 bits per heavy atom. The lowest BCUT2D eigenvalue weighted by molar-refractivity contribution is -0.132. The molecule has 1 saturated heterocycles. The van der Waals surface area contributed by atoms with Gasteiger partial charge in [0.15, 0.2) is 9.84 Å². The average molecular weight is 549 g/mol. The largest absolute Gasteiger partial charge is 0.340 e. The summed E-state index contributed by atoms with van der Waals surface area (Å²) in [6, 6.07) is 13.6. The maximum atomic E-state index is 13.1. The Labute approximate surface area is 209 Å². The van der Waals surface area contributed by atoms with Gasteiger partial charge in [-0.3, -0.25) is 14.5 Å².